The fourth-order valence-electron chi connectivity index (χ4n) is 1.57. The van der Waals surface area contributed by atoms with Crippen LogP contribution in [-0.4, -0.2) is 11.6 Å². The van der Waals surface area contributed by atoms with Crippen molar-refractivity contribution in [2.24, 2.45) is 0 Å². The van der Waals surface area contributed by atoms with Crippen molar-refractivity contribution in [3.05, 3.63) is 58.8 Å². The summed E-state index contributed by atoms with van der Waals surface area (Å²) < 4.78 is 6.64. The van der Waals surface area contributed by atoms with Gasteiger partial charge in [-0.3, -0.25) is 4.98 Å². The van der Waals surface area contributed by atoms with E-state index in [1.807, 2.05) is 24.3 Å². The number of ether oxygens (including phenoxy) is 1. The SMILES string of the molecule is CC(COc1cncc(Br)c1)c1ccccc1. The molecular weight excluding hydrogens is 278 g/mol. The van der Waals surface area contributed by atoms with Gasteiger partial charge in [-0.25, -0.2) is 0 Å². The van der Waals surface area contributed by atoms with Gasteiger partial charge in [0.1, 0.15) is 5.75 Å². The molecular formula is C14H14BrNO. The van der Waals surface area contributed by atoms with Gasteiger partial charge >= 0.3 is 0 Å². The Morgan fingerprint density at radius 1 is 1.24 bits per heavy atom. The van der Waals surface area contributed by atoms with E-state index in [0.29, 0.717) is 12.5 Å². The van der Waals surface area contributed by atoms with E-state index in [2.05, 4.69) is 40.0 Å². The van der Waals surface area contributed by atoms with Crippen LogP contribution in [0.4, 0.5) is 0 Å². The van der Waals surface area contributed by atoms with Crippen LogP contribution >= 0.6 is 15.9 Å². The molecule has 0 saturated heterocycles. The zero-order chi connectivity index (χ0) is 12.1. The second kappa shape index (κ2) is 5.82. The van der Waals surface area contributed by atoms with Crippen LogP contribution in [0.3, 0.4) is 0 Å². The van der Waals surface area contributed by atoms with E-state index >= 15 is 0 Å². The molecule has 3 heteroatoms. The highest BCUT2D eigenvalue weighted by molar-refractivity contribution is 9.10. The highest BCUT2D eigenvalue weighted by atomic mass is 79.9. The van der Waals surface area contributed by atoms with Gasteiger partial charge in [-0.15, -0.1) is 0 Å². The van der Waals surface area contributed by atoms with Crippen LogP contribution in [0.25, 0.3) is 0 Å². The molecule has 1 atom stereocenters. The molecule has 1 unspecified atom stereocenters. The summed E-state index contributed by atoms with van der Waals surface area (Å²) in [5.74, 6) is 1.16. The Balaban J connectivity index is 1.95. The minimum Gasteiger partial charge on any atom is -0.491 e. The van der Waals surface area contributed by atoms with Gasteiger partial charge in [0, 0.05) is 16.6 Å². The Bertz CT molecular complexity index is 473. The quantitative estimate of drug-likeness (QED) is 0.849. The number of rotatable bonds is 4. The van der Waals surface area contributed by atoms with Crippen LogP contribution in [0.15, 0.2) is 53.3 Å². The van der Waals surface area contributed by atoms with E-state index < -0.39 is 0 Å². The number of benzene rings is 1. The summed E-state index contributed by atoms with van der Waals surface area (Å²) in [6.45, 7) is 2.81. The van der Waals surface area contributed by atoms with Crippen LogP contribution in [0.2, 0.25) is 0 Å². The third-order valence-electron chi connectivity index (χ3n) is 2.55. The lowest BCUT2D eigenvalue weighted by Gasteiger charge is -2.13. The average molecular weight is 292 g/mol. The Morgan fingerprint density at radius 2 is 2.00 bits per heavy atom. The molecule has 0 bridgehead atoms. The summed E-state index contributed by atoms with van der Waals surface area (Å²) in [4.78, 5) is 4.06. The summed E-state index contributed by atoms with van der Waals surface area (Å²) >= 11 is 3.37. The summed E-state index contributed by atoms with van der Waals surface area (Å²) in [7, 11) is 0. The third kappa shape index (κ3) is 3.56. The zero-order valence-corrected chi connectivity index (χ0v) is 11.2. The second-order valence-corrected chi connectivity index (χ2v) is 4.88. The van der Waals surface area contributed by atoms with Crippen LogP contribution in [0.1, 0.15) is 18.4 Å². The van der Waals surface area contributed by atoms with Crippen LogP contribution in [0.5, 0.6) is 5.75 Å². The molecule has 0 spiro atoms. The molecule has 1 heterocycles. The molecule has 0 aliphatic rings. The predicted molar refractivity (Wildman–Crippen MR) is 72.3 cm³/mol. The van der Waals surface area contributed by atoms with Crippen molar-refractivity contribution >= 4 is 15.9 Å². The van der Waals surface area contributed by atoms with Gasteiger partial charge in [-0.1, -0.05) is 37.3 Å². The summed E-state index contributed by atoms with van der Waals surface area (Å²) in [6.07, 6.45) is 3.47. The second-order valence-electron chi connectivity index (χ2n) is 3.96. The lowest BCUT2D eigenvalue weighted by molar-refractivity contribution is 0.294. The van der Waals surface area contributed by atoms with Gasteiger partial charge in [0.05, 0.1) is 12.8 Å². The number of pyridine rings is 1. The van der Waals surface area contributed by atoms with Crippen molar-refractivity contribution < 1.29 is 4.74 Å². The predicted octanol–water partition coefficient (Wildman–Crippen LogP) is 4.03. The Kier molecular flexibility index (Phi) is 4.15. The van der Waals surface area contributed by atoms with Gasteiger partial charge in [-0.2, -0.15) is 0 Å². The number of hydrogen-bond acceptors (Lipinski definition) is 2. The first-order valence-electron chi connectivity index (χ1n) is 5.54. The topological polar surface area (TPSA) is 22.1 Å². The molecule has 0 N–H and O–H groups in total. The number of nitrogens with zero attached hydrogens (tertiary/aromatic N) is 1. The molecule has 0 aliphatic carbocycles. The first kappa shape index (κ1) is 12.1. The standard InChI is InChI=1S/C14H14BrNO/c1-11(12-5-3-2-4-6-12)10-17-14-7-13(15)8-16-9-14/h2-9,11H,10H2,1H3. The minimum atomic E-state index is 0.371. The largest absolute Gasteiger partial charge is 0.491 e. The third-order valence-corrected chi connectivity index (χ3v) is 2.98. The molecule has 2 aromatic rings. The molecule has 1 aromatic carbocycles. The molecule has 1 aromatic heterocycles. The molecule has 0 fully saturated rings. The molecule has 2 nitrogen and oxygen atoms in total. The number of hydrogen-bond donors (Lipinski definition) is 0. The number of aromatic nitrogens is 1. The van der Waals surface area contributed by atoms with Crippen molar-refractivity contribution in [3.63, 3.8) is 0 Å². The van der Waals surface area contributed by atoms with E-state index in [1.54, 1.807) is 12.4 Å². The smallest absolute Gasteiger partial charge is 0.138 e. The van der Waals surface area contributed by atoms with E-state index in [4.69, 9.17) is 4.74 Å². The summed E-state index contributed by atoms with van der Waals surface area (Å²) in [5, 5.41) is 0. The molecule has 0 aliphatic heterocycles. The highest BCUT2D eigenvalue weighted by Crippen LogP contribution is 2.19. The minimum absolute atomic E-state index is 0.371. The van der Waals surface area contributed by atoms with Crippen molar-refractivity contribution in [2.75, 3.05) is 6.61 Å². The lowest BCUT2D eigenvalue weighted by Crippen LogP contribution is -2.07. The Labute approximate surface area is 110 Å². The Hall–Kier alpha value is -1.35. The summed E-state index contributed by atoms with van der Waals surface area (Å²) in [5.41, 5.74) is 1.29. The van der Waals surface area contributed by atoms with E-state index in [1.165, 1.54) is 5.56 Å². The fourth-order valence-corrected chi connectivity index (χ4v) is 1.91. The molecule has 0 radical (unpaired) electrons. The van der Waals surface area contributed by atoms with E-state index in [9.17, 15) is 0 Å². The average Bonchev–Trinajstić information content (AvgIpc) is 2.37. The van der Waals surface area contributed by atoms with Gasteiger partial charge in [0.25, 0.3) is 0 Å². The van der Waals surface area contributed by atoms with Crippen LogP contribution in [-0.2, 0) is 0 Å². The normalized spacial score (nSPS) is 12.1. The van der Waals surface area contributed by atoms with Gasteiger partial charge in [-0.05, 0) is 27.6 Å². The molecule has 88 valence electrons. The van der Waals surface area contributed by atoms with Crippen molar-refractivity contribution in [3.8, 4) is 5.75 Å². The van der Waals surface area contributed by atoms with Gasteiger partial charge < -0.3 is 4.74 Å². The maximum atomic E-state index is 5.71. The van der Waals surface area contributed by atoms with Gasteiger partial charge in [0.2, 0.25) is 0 Å². The summed E-state index contributed by atoms with van der Waals surface area (Å²) in [6, 6.07) is 12.3. The van der Waals surface area contributed by atoms with Crippen LogP contribution in [0, 0.1) is 0 Å². The lowest BCUT2D eigenvalue weighted by atomic mass is 10.0. The Morgan fingerprint density at radius 3 is 2.71 bits per heavy atom. The monoisotopic (exact) mass is 291 g/mol. The number of halogens is 1. The van der Waals surface area contributed by atoms with E-state index in [-0.39, 0.29) is 0 Å². The van der Waals surface area contributed by atoms with Crippen molar-refractivity contribution in [1.29, 1.82) is 0 Å². The zero-order valence-electron chi connectivity index (χ0n) is 9.64. The molecule has 0 saturated carbocycles. The first-order valence-corrected chi connectivity index (χ1v) is 6.33. The highest BCUT2D eigenvalue weighted by Gasteiger charge is 2.05. The molecule has 0 amide bonds. The maximum Gasteiger partial charge on any atom is 0.138 e. The van der Waals surface area contributed by atoms with Crippen molar-refractivity contribution in [2.45, 2.75) is 12.8 Å². The fraction of sp³-hybridized carbons (Fsp3) is 0.214. The molecule has 17 heavy (non-hydrogen) atoms. The van der Waals surface area contributed by atoms with Gasteiger partial charge in [0.15, 0.2) is 0 Å². The maximum absolute atomic E-state index is 5.71. The van der Waals surface area contributed by atoms with E-state index in [0.717, 1.165) is 10.2 Å². The molecule has 2 rings (SSSR count). The van der Waals surface area contributed by atoms with Crippen molar-refractivity contribution in [1.82, 2.24) is 4.98 Å². The first-order chi connectivity index (χ1) is 8.25. The van der Waals surface area contributed by atoms with Crippen LogP contribution < -0.4 is 4.74 Å².